The van der Waals surface area contributed by atoms with Crippen LogP contribution in [0, 0.1) is 0 Å². The molecule has 0 aromatic heterocycles. The fraction of sp³-hybridized carbons (Fsp3) is 0.647. The molecule has 118 valence electrons. The van der Waals surface area contributed by atoms with E-state index in [1.807, 2.05) is 12.1 Å². The number of hydrogen-bond acceptors (Lipinski definition) is 3. The van der Waals surface area contributed by atoms with Crippen LogP contribution in [-0.2, 0) is 4.74 Å². The highest BCUT2D eigenvalue weighted by Crippen LogP contribution is 2.29. The van der Waals surface area contributed by atoms with Gasteiger partial charge >= 0.3 is 0 Å². The molecule has 0 radical (unpaired) electrons. The lowest BCUT2D eigenvalue weighted by Crippen LogP contribution is -2.57. The van der Waals surface area contributed by atoms with Gasteiger partial charge in [-0.15, -0.1) is 0 Å². The maximum absolute atomic E-state index is 6.36. The molecule has 1 aromatic carbocycles. The predicted octanol–water partition coefficient (Wildman–Crippen LogP) is 3.73. The lowest BCUT2D eigenvalue weighted by molar-refractivity contribution is -0.180. The van der Waals surface area contributed by atoms with Crippen molar-refractivity contribution in [1.82, 2.24) is 4.90 Å². The predicted molar refractivity (Wildman–Crippen MR) is 91.4 cm³/mol. The standard InChI is InChI=1S/C17H27BrN2O/c1-16(2)11-20(12-17(3,4)21-16)10-9-15(19)13-7-5-6-8-14(13)18/h5-8,15H,9-12,19H2,1-4H3. The van der Waals surface area contributed by atoms with Crippen LogP contribution in [-0.4, -0.2) is 35.7 Å². The summed E-state index contributed by atoms with van der Waals surface area (Å²) in [5.74, 6) is 0. The van der Waals surface area contributed by atoms with Crippen molar-refractivity contribution in [2.75, 3.05) is 19.6 Å². The van der Waals surface area contributed by atoms with Crippen molar-refractivity contribution in [3.63, 3.8) is 0 Å². The molecule has 1 unspecified atom stereocenters. The number of nitrogens with zero attached hydrogens (tertiary/aromatic N) is 1. The van der Waals surface area contributed by atoms with Gasteiger partial charge < -0.3 is 10.5 Å². The Balaban J connectivity index is 1.95. The van der Waals surface area contributed by atoms with Crippen LogP contribution in [0.4, 0.5) is 0 Å². The van der Waals surface area contributed by atoms with Crippen molar-refractivity contribution in [2.45, 2.75) is 51.4 Å². The van der Waals surface area contributed by atoms with Crippen LogP contribution < -0.4 is 5.73 Å². The van der Waals surface area contributed by atoms with Crippen molar-refractivity contribution in [1.29, 1.82) is 0 Å². The molecule has 2 N–H and O–H groups in total. The third-order valence-electron chi connectivity index (χ3n) is 3.82. The fourth-order valence-electron chi connectivity index (χ4n) is 3.36. The molecular weight excluding hydrogens is 328 g/mol. The molecule has 1 heterocycles. The number of morpholine rings is 1. The van der Waals surface area contributed by atoms with Gasteiger partial charge in [0.25, 0.3) is 0 Å². The maximum Gasteiger partial charge on any atom is 0.0760 e. The Morgan fingerprint density at radius 1 is 1.19 bits per heavy atom. The molecule has 0 aliphatic carbocycles. The molecule has 1 aromatic rings. The van der Waals surface area contributed by atoms with E-state index in [1.54, 1.807) is 0 Å². The number of rotatable bonds is 4. The zero-order valence-electron chi connectivity index (χ0n) is 13.5. The van der Waals surface area contributed by atoms with Gasteiger partial charge in [0.05, 0.1) is 11.2 Å². The second-order valence-corrected chi connectivity index (χ2v) is 8.10. The first-order chi connectivity index (χ1) is 9.69. The minimum atomic E-state index is -0.0980. The van der Waals surface area contributed by atoms with Crippen molar-refractivity contribution in [3.8, 4) is 0 Å². The molecule has 1 aliphatic rings. The van der Waals surface area contributed by atoms with Crippen LogP contribution >= 0.6 is 15.9 Å². The Kier molecular flexibility index (Phi) is 5.14. The van der Waals surface area contributed by atoms with E-state index in [9.17, 15) is 0 Å². The van der Waals surface area contributed by atoms with Crippen molar-refractivity contribution >= 4 is 15.9 Å². The van der Waals surface area contributed by atoms with Gasteiger partial charge in [-0.2, -0.15) is 0 Å². The minimum absolute atomic E-state index is 0.0645. The number of benzene rings is 1. The largest absolute Gasteiger partial charge is 0.367 e. The molecule has 0 bridgehead atoms. The average molecular weight is 355 g/mol. The van der Waals surface area contributed by atoms with E-state index in [-0.39, 0.29) is 17.2 Å². The number of ether oxygens (including phenoxy) is 1. The van der Waals surface area contributed by atoms with Gasteiger partial charge in [-0.1, -0.05) is 34.1 Å². The Bertz CT molecular complexity index is 471. The first-order valence-electron chi connectivity index (χ1n) is 7.61. The molecule has 0 saturated carbocycles. The highest BCUT2D eigenvalue weighted by Gasteiger charge is 2.37. The molecule has 1 aliphatic heterocycles. The quantitative estimate of drug-likeness (QED) is 0.895. The molecule has 1 fully saturated rings. The summed E-state index contributed by atoms with van der Waals surface area (Å²) >= 11 is 3.59. The number of hydrogen-bond donors (Lipinski definition) is 1. The van der Waals surface area contributed by atoms with Gasteiger partial charge in [0.2, 0.25) is 0 Å². The topological polar surface area (TPSA) is 38.5 Å². The molecule has 21 heavy (non-hydrogen) atoms. The van der Waals surface area contributed by atoms with E-state index in [0.29, 0.717) is 0 Å². The summed E-state index contributed by atoms with van der Waals surface area (Å²) in [5, 5.41) is 0. The highest BCUT2D eigenvalue weighted by atomic mass is 79.9. The van der Waals surface area contributed by atoms with Gasteiger partial charge in [-0.25, -0.2) is 0 Å². The zero-order chi connectivity index (χ0) is 15.7. The molecule has 0 spiro atoms. The second kappa shape index (κ2) is 6.37. The third-order valence-corrected chi connectivity index (χ3v) is 4.54. The van der Waals surface area contributed by atoms with Gasteiger partial charge in [0.15, 0.2) is 0 Å². The summed E-state index contributed by atoms with van der Waals surface area (Å²) in [6.45, 7) is 11.6. The monoisotopic (exact) mass is 354 g/mol. The van der Waals surface area contributed by atoms with E-state index < -0.39 is 0 Å². The van der Waals surface area contributed by atoms with Crippen LogP contribution in [0.3, 0.4) is 0 Å². The van der Waals surface area contributed by atoms with Crippen LogP contribution in [0.25, 0.3) is 0 Å². The van der Waals surface area contributed by atoms with Gasteiger partial charge in [0, 0.05) is 30.1 Å². The Hall–Kier alpha value is -0.420. The zero-order valence-corrected chi connectivity index (χ0v) is 15.1. The molecule has 1 saturated heterocycles. The molecular formula is C17H27BrN2O. The Morgan fingerprint density at radius 3 is 2.33 bits per heavy atom. The summed E-state index contributed by atoms with van der Waals surface area (Å²) in [4.78, 5) is 2.47. The first kappa shape index (κ1) is 16.9. The van der Waals surface area contributed by atoms with Gasteiger partial charge in [-0.05, 0) is 45.7 Å². The van der Waals surface area contributed by atoms with Crippen LogP contribution in [0.1, 0.15) is 45.7 Å². The van der Waals surface area contributed by atoms with Crippen LogP contribution in [0.15, 0.2) is 28.7 Å². The minimum Gasteiger partial charge on any atom is -0.367 e. The lowest BCUT2D eigenvalue weighted by atomic mass is 9.97. The second-order valence-electron chi connectivity index (χ2n) is 7.25. The van der Waals surface area contributed by atoms with E-state index in [2.05, 4.69) is 60.7 Å². The van der Waals surface area contributed by atoms with Gasteiger partial charge in [0.1, 0.15) is 0 Å². The summed E-state index contributed by atoms with van der Waals surface area (Å²) in [6.07, 6.45) is 0.953. The first-order valence-corrected chi connectivity index (χ1v) is 8.40. The molecule has 0 amide bonds. The van der Waals surface area contributed by atoms with E-state index in [0.717, 1.165) is 30.5 Å². The van der Waals surface area contributed by atoms with E-state index in [4.69, 9.17) is 10.5 Å². The van der Waals surface area contributed by atoms with Crippen LogP contribution in [0.2, 0.25) is 0 Å². The maximum atomic E-state index is 6.36. The smallest absolute Gasteiger partial charge is 0.0760 e. The number of nitrogens with two attached hydrogens (primary N) is 1. The fourth-order valence-corrected chi connectivity index (χ4v) is 3.94. The SMILES string of the molecule is CC1(C)CN(CCC(N)c2ccccc2Br)CC(C)(C)O1. The van der Waals surface area contributed by atoms with E-state index in [1.165, 1.54) is 5.56 Å². The third kappa shape index (κ3) is 4.78. The van der Waals surface area contributed by atoms with Crippen molar-refractivity contribution < 1.29 is 4.74 Å². The van der Waals surface area contributed by atoms with Crippen molar-refractivity contribution in [3.05, 3.63) is 34.3 Å². The average Bonchev–Trinajstić information content (AvgIpc) is 2.33. The number of halogens is 1. The molecule has 2 rings (SSSR count). The summed E-state index contributed by atoms with van der Waals surface area (Å²) in [5.41, 5.74) is 7.35. The normalized spacial score (nSPS) is 23.0. The highest BCUT2D eigenvalue weighted by molar-refractivity contribution is 9.10. The summed E-state index contributed by atoms with van der Waals surface area (Å²) < 4.78 is 7.22. The molecule has 4 heteroatoms. The lowest BCUT2D eigenvalue weighted by Gasteiger charge is -2.47. The molecule has 1 atom stereocenters. The van der Waals surface area contributed by atoms with Crippen molar-refractivity contribution in [2.24, 2.45) is 5.73 Å². The Morgan fingerprint density at radius 2 is 1.76 bits per heavy atom. The van der Waals surface area contributed by atoms with Gasteiger partial charge in [-0.3, -0.25) is 4.90 Å². The van der Waals surface area contributed by atoms with E-state index >= 15 is 0 Å². The Labute approximate surface area is 137 Å². The molecule has 3 nitrogen and oxygen atoms in total. The summed E-state index contributed by atoms with van der Waals surface area (Å²) in [6, 6.07) is 8.28. The van der Waals surface area contributed by atoms with Crippen LogP contribution in [0.5, 0.6) is 0 Å². The summed E-state index contributed by atoms with van der Waals surface area (Å²) in [7, 11) is 0.